The Labute approximate surface area is 95.3 Å². The van der Waals surface area contributed by atoms with Crippen molar-refractivity contribution >= 4 is 10.0 Å². The number of hydrogen-bond donors (Lipinski definition) is 1. The molecule has 1 fully saturated rings. The first-order valence-corrected chi connectivity index (χ1v) is 6.74. The highest BCUT2D eigenvalue weighted by Crippen LogP contribution is 2.20. The molecule has 2 heterocycles. The van der Waals surface area contributed by atoms with E-state index in [1.54, 1.807) is 30.1 Å². The third-order valence-corrected chi connectivity index (χ3v) is 4.65. The molecule has 0 saturated carbocycles. The second-order valence-corrected chi connectivity index (χ2v) is 6.11. The monoisotopic (exact) mass is 244 g/mol. The van der Waals surface area contributed by atoms with Crippen LogP contribution < -0.4 is 0 Å². The Balaban J connectivity index is 2.25. The highest BCUT2D eigenvalue weighted by atomic mass is 32.2. The zero-order valence-electron chi connectivity index (χ0n) is 9.20. The molecule has 1 aliphatic rings. The Morgan fingerprint density at radius 3 is 2.81 bits per heavy atom. The van der Waals surface area contributed by atoms with E-state index in [-0.39, 0.29) is 6.54 Å². The smallest absolute Gasteiger partial charge is 0.244 e. The topological polar surface area (TPSA) is 62.5 Å². The van der Waals surface area contributed by atoms with Crippen molar-refractivity contribution in [1.29, 1.82) is 0 Å². The minimum Gasteiger partial charge on any atom is -0.392 e. The first-order valence-electron chi connectivity index (χ1n) is 5.30. The molecule has 0 unspecified atom stereocenters. The summed E-state index contributed by atoms with van der Waals surface area (Å²) in [7, 11) is -1.64. The van der Waals surface area contributed by atoms with E-state index in [9.17, 15) is 13.5 Å². The van der Waals surface area contributed by atoms with Gasteiger partial charge in [-0.2, -0.15) is 4.31 Å². The number of rotatable bonds is 2. The summed E-state index contributed by atoms with van der Waals surface area (Å²) in [5, 5.41) is 9.48. The summed E-state index contributed by atoms with van der Waals surface area (Å²) in [5.41, 5.74) is 0. The van der Waals surface area contributed by atoms with E-state index < -0.39 is 16.1 Å². The van der Waals surface area contributed by atoms with Gasteiger partial charge in [-0.1, -0.05) is 0 Å². The number of sulfonamides is 1. The molecule has 1 aliphatic heterocycles. The predicted octanol–water partition coefficient (Wildman–Crippen LogP) is 0.171. The van der Waals surface area contributed by atoms with Crippen LogP contribution in [0.3, 0.4) is 0 Å². The van der Waals surface area contributed by atoms with E-state index in [4.69, 9.17) is 0 Å². The molecule has 16 heavy (non-hydrogen) atoms. The average Bonchev–Trinajstić information content (AvgIpc) is 2.65. The number of piperidine rings is 1. The van der Waals surface area contributed by atoms with Gasteiger partial charge in [0.2, 0.25) is 10.0 Å². The average molecular weight is 244 g/mol. The summed E-state index contributed by atoms with van der Waals surface area (Å²) in [4.78, 5) is 0.295. The number of aryl methyl sites for hydroxylation is 1. The Kier molecular flexibility index (Phi) is 3.05. The van der Waals surface area contributed by atoms with Crippen molar-refractivity contribution in [2.24, 2.45) is 7.05 Å². The van der Waals surface area contributed by atoms with Gasteiger partial charge < -0.3 is 9.67 Å². The van der Waals surface area contributed by atoms with E-state index >= 15 is 0 Å². The molecule has 0 amide bonds. The summed E-state index contributed by atoms with van der Waals surface area (Å²) < 4.78 is 27.4. The molecule has 0 radical (unpaired) electrons. The molecular weight excluding hydrogens is 228 g/mol. The minimum absolute atomic E-state index is 0.206. The Morgan fingerprint density at radius 1 is 1.50 bits per heavy atom. The first-order chi connectivity index (χ1) is 7.50. The van der Waals surface area contributed by atoms with Gasteiger partial charge in [0.05, 0.1) is 11.0 Å². The van der Waals surface area contributed by atoms with Gasteiger partial charge in [0, 0.05) is 32.5 Å². The van der Waals surface area contributed by atoms with Crippen LogP contribution in [0.15, 0.2) is 23.4 Å². The van der Waals surface area contributed by atoms with Gasteiger partial charge in [-0.3, -0.25) is 0 Å². The van der Waals surface area contributed by atoms with Gasteiger partial charge in [0.15, 0.2) is 0 Å². The van der Waals surface area contributed by atoms with Gasteiger partial charge in [0.25, 0.3) is 0 Å². The second kappa shape index (κ2) is 4.20. The molecule has 0 aromatic carbocycles. The van der Waals surface area contributed by atoms with Gasteiger partial charge >= 0.3 is 0 Å². The van der Waals surface area contributed by atoms with Gasteiger partial charge in [0.1, 0.15) is 0 Å². The van der Waals surface area contributed by atoms with Crippen molar-refractivity contribution in [3.8, 4) is 0 Å². The Morgan fingerprint density at radius 2 is 2.25 bits per heavy atom. The lowest BCUT2D eigenvalue weighted by molar-refractivity contribution is 0.108. The van der Waals surface area contributed by atoms with E-state index in [1.165, 1.54) is 4.31 Å². The SMILES string of the molecule is Cn1ccc(S(=O)(=O)N2CCC[C@H](O)C2)c1. The number of hydrogen-bond acceptors (Lipinski definition) is 3. The number of nitrogens with zero attached hydrogens (tertiary/aromatic N) is 2. The van der Waals surface area contributed by atoms with Crippen LogP contribution in [-0.2, 0) is 17.1 Å². The molecule has 0 bridgehead atoms. The standard InChI is InChI=1S/C10H16N2O3S/c1-11-6-4-10(8-11)16(14,15)12-5-2-3-9(13)7-12/h4,6,8-9,13H,2-3,5,7H2,1H3/t9-/m0/s1. The maximum atomic E-state index is 12.1. The molecule has 0 aliphatic carbocycles. The molecular formula is C10H16N2O3S. The van der Waals surface area contributed by atoms with Crippen LogP contribution >= 0.6 is 0 Å². The van der Waals surface area contributed by atoms with Crippen LogP contribution in [-0.4, -0.2) is 41.6 Å². The molecule has 0 spiro atoms. The summed E-state index contributed by atoms with van der Waals surface area (Å²) in [6.45, 7) is 0.700. The third kappa shape index (κ3) is 2.14. The van der Waals surface area contributed by atoms with Gasteiger partial charge in [-0.05, 0) is 18.9 Å². The molecule has 1 saturated heterocycles. The maximum Gasteiger partial charge on any atom is 0.244 e. The molecule has 90 valence electrons. The number of aromatic nitrogens is 1. The van der Waals surface area contributed by atoms with Crippen LogP contribution in [0, 0.1) is 0 Å². The summed E-state index contributed by atoms with van der Waals surface area (Å²) >= 11 is 0. The van der Waals surface area contributed by atoms with E-state index in [0.29, 0.717) is 24.3 Å². The summed E-state index contributed by atoms with van der Waals surface area (Å²) in [5.74, 6) is 0. The molecule has 1 aromatic heterocycles. The molecule has 1 N–H and O–H groups in total. The summed E-state index contributed by atoms with van der Waals surface area (Å²) in [6, 6.07) is 1.58. The van der Waals surface area contributed by atoms with Crippen molar-refractivity contribution in [1.82, 2.24) is 8.87 Å². The van der Waals surface area contributed by atoms with Crippen molar-refractivity contribution in [3.05, 3.63) is 18.5 Å². The molecule has 1 aromatic rings. The lowest BCUT2D eigenvalue weighted by Crippen LogP contribution is -2.41. The second-order valence-electron chi connectivity index (χ2n) is 4.17. The van der Waals surface area contributed by atoms with E-state index in [0.717, 1.165) is 0 Å². The van der Waals surface area contributed by atoms with Gasteiger partial charge in [-0.25, -0.2) is 8.42 Å². The quantitative estimate of drug-likeness (QED) is 0.806. The fourth-order valence-electron chi connectivity index (χ4n) is 1.92. The van der Waals surface area contributed by atoms with E-state index in [1.807, 2.05) is 0 Å². The van der Waals surface area contributed by atoms with Crippen molar-refractivity contribution in [3.63, 3.8) is 0 Å². The normalized spacial score (nSPS) is 23.5. The van der Waals surface area contributed by atoms with Crippen molar-refractivity contribution < 1.29 is 13.5 Å². The number of aliphatic hydroxyl groups is 1. The Bertz CT molecular complexity index is 466. The lowest BCUT2D eigenvalue weighted by atomic mass is 10.1. The van der Waals surface area contributed by atoms with Gasteiger partial charge in [-0.15, -0.1) is 0 Å². The van der Waals surface area contributed by atoms with Crippen LogP contribution in [0.4, 0.5) is 0 Å². The number of aliphatic hydroxyl groups excluding tert-OH is 1. The number of β-amino-alcohol motifs (C(OH)–C–C–N with tert-alkyl or cyclic N) is 1. The van der Waals surface area contributed by atoms with Crippen LogP contribution in [0.5, 0.6) is 0 Å². The van der Waals surface area contributed by atoms with Crippen molar-refractivity contribution in [2.45, 2.75) is 23.8 Å². The first kappa shape index (κ1) is 11.6. The largest absolute Gasteiger partial charge is 0.392 e. The van der Waals surface area contributed by atoms with Crippen LogP contribution in [0.2, 0.25) is 0 Å². The third-order valence-electron chi connectivity index (χ3n) is 2.80. The maximum absolute atomic E-state index is 12.1. The van der Waals surface area contributed by atoms with E-state index in [2.05, 4.69) is 0 Å². The summed E-state index contributed by atoms with van der Waals surface area (Å²) in [6.07, 6.45) is 4.14. The lowest BCUT2D eigenvalue weighted by Gasteiger charge is -2.28. The fraction of sp³-hybridized carbons (Fsp3) is 0.600. The molecule has 1 atom stereocenters. The van der Waals surface area contributed by atoms with Crippen molar-refractivity contribution in [2.75, 3.05) is 13.1 Å². The zero-order chi connectivity index (χ0) is 11.8. The molecule has 2 rings (SSSR count). The highest BCUT2D eigenvalue weighted by Gasteiger charge is 2.29. The highest BCUT2D eigenvalue weighted by molar-refractivity contribution is 7.89. The minimum atomic E-state index is -3.42. The predicted molar refractivity (Wildman–Crippen MR) is 59.4 cm³/mol. The van der Waals surface area contributed by atoms with Crippen LogP contribution in [0.25, 0.3) is 0 Å². The molecule has 6 heteroatoms. The van der Waals surface area contributed by atoms with Crippen LogP contribution in [0.1, 0.15) is 12.8 Å². The Hall–Kier alpha value is -0.850. The fourth-order valence-corrected chi connectivity index (χ4v) is 3.49. The zero-order valence-corrected chi connectivity index (χ0v) is 10.0. The molecule has 5 nitrogen and oxygen atoms in total.